The molecule has 2 heterocycles. The van der Waals surface area contributed by atoms with Crippen LogP contribution < -0.4 is 20.1 Å². The first-order valence-electron chi connectivity index (χ1n) is 11.8. The fourth-order valence-corrected chi connectivity index (χ4v) is 5.89. The number of aliphatic hydroxyl groups is 1. The zero-order valence-corrected chi connectivity index (χ0v) is 19.8. The quantitative estimate of drug-likeness (QED) is 0.401. The number of aromatic nitrogens is 2. The monoisotopic (exact) mass is 514 g/mol. The maximum atomic E-state index is 14.1. The van der Waals surface area contributed by atoms with Crippen molar-refractivity contribution in [3.8, 4) is 11.5 Å². The lowest BCUT2D eigenvalue weighted by molar-refractivity contribution is -0.131. The number of H-pyrrole nitrogens is 1. The van der Waals surface area contributed by atoms with Crippen LogP contribution in [-0.4, -0.2) is 51.4 Å². The third-order valence-corrected chi connectivity index (χ3v) is 7.63. The number of fused-ring (bicyclic) bond motifs is 3. The van der Waals surface area contributed by atoms with Crippen LogP contribution in [0.1, 0.15) is 37.4 Å². The van der Waals surface area contributed by atoms with Gasteiger partial charge in [-0.05, 0) is 43.4 Å². The van der Waals surface area contributed by atoms with E-state index in [-0.39, 0.29) is 42.6 Å². The van der Waals surface area contributed by atoms with E-state index < -0.39 is 23.6 Å². The smallest absolute Gasteiger partial charge is 0.261 e. The van der Waals surface area contributed by atoms with Crippen LogP contribution in [0, 0.1) is 11.7 Å². The summed E-state index contributed by atoms with van der Waals surface area (Å²) in [5.74, 6) is -0.129. The van der Waals surface area contributed by atoms with Gasteiger partial charge in [0, 0.05) is 40.7 Å². The number of ether oxygens (including phenoxy) is 2. The third-order valence-electron chi connectivity index (χ3n) is 7.40. The molecular formula is C25H24ClFN4O5. The van der Waals surface area contributed by atoms with Crippen LogP contribution in [0.4, 0.5) is 4.39 Å². The lowest BCUT2D eigenvalue weighted by Gasteiger charge is -2.39. The molecule has 3 atom stereocenters. The van der Waals surface area contributed by atoms with Gasteiger partial charge in [0.25, 0.3) is 11.8 Å². The molecular weight excluding hydrogens is 491 g/mol. The molecule has 11 heteroatoms. The molecule has 4 N–H and O–H groups in total. The molecule has 2 aromatic carbocycles. The lowest BCUT2D eigenvalue weighted by Crippen LogP contribution is -2.53. The largest absolute Gasteiger partial charge is 0.484 e. The summed E-state index contributed by atoms with van der Waals surface area (Å²) >= 11 is 6.00. The number of nitrogens with zero attached hydrogens (tertiary/aromatic N) is 1. The van der Waals surface area contributed by atoms with E-state index in [0.717, 1.165) is 12.8 Å². The van der Waals surface area contributed by atoms with E-state index in [9.17, 15) is 19.1 Å². The molecule has 1 unspecified atom stereocenters. The van der Waals surface area contributed by atoms with Gasteiger partial charge in [0.1, 0.15) is 17.3 Å². The standard InChI is InChI=1S/C25H24ClFN4O5/c26-13-1-2-21-15(3-13)20(32)6-22(36-21)24(34)29-19-9-25(7-12(19)8-25)30-23(33)11-35-14-4-17(27)16-10-28-31-18(16)5-14/h1-5,10,12,19-20,22,32H,6-9,11H2,(H,28,31)(H,29,34)(H,30,33)/t12?,19?,20-,22-,25?/m1/s1. The third kappa shape index (κ3) is 4.14. The normalized spacial score (nSPS) is 28.1. The average Bonchev–Trinajstić information content (AvgIpc) is 3.51. The van der Waals surface area contributed by atoms with E-state index in [2.05, 4.69) is 20.8 Å². The van der Waals surface area contributed by atoms with Crippen molar-refractivity contribution in [1.82, 2.24) is 20.8 Å². The van der Waals surface area contributed by atoms with Crippen LogP contribution in [0.25, 0.3) is 10.9 Å². The number of halogens is 2. The SMILES string of the molecule is O=C(COc1cc(F)c2cn[nH]c2c1)NC12CC(C1)C(NC(=O)[C@H]1C[C@@H](O)c3cc(Cl)ccc3O1)C2. The summed E-state index contributed by atoms with van der Waals surface area (Å²) < 4.78 is 25.4. The predicted octanol–water partition coefficient (Wildman–Crippen LogP) is 2.77. The van der Waals surface area contributed by atoms with E-state index in [1.165, 1.54) is 12.3 Å². The maximum absolute atomic E-state index is 14.1. The van der Waals surface area contributed by atoms with Gasteiger partial charge in [0.05, 0.1) is 23.2 Å². The van der Waals surface area contributed by atoms with Crippen LogP contribution in [0.15, 0.2) is 36.5 Å². The summed E-state index contributed by atoms with van der Waals surface area (Å²) in [6.07, 6.45) is 2.00. The highest BCUT2D eigenvalue weighted by Gasteiger charge is 2.57. The molecule has 2 bridgehead atoms. The zero-order valence-electron chi connectivity index (χ0n) is 19.1. The zero-order chi connectivity index (χ0) is 25.0. The molecule has 9 nitrogen and oxygen atoms in total. The van der Waals surface area contributed by atoms with Crippen LogP contribution in [-0.2, 0) is 9.59 Å². The Kier molecular flexibility index (Phi) is 5.53. The molecule has 188 valence electrons. The molecule has 36 heavy (non-hydrogen) atoms. The second-order valence-electron chi connectivity index (χ2n) is 9.88. The van der Waals surface area contributed by atoms with Crippen molar-refractivity contribution in [1.29, 1.82) is 0 Å². The summed E-state index contributed by atoms with van der Waals surface area (Å²) in [6.45, 7) is -0.250. The lowest BCUT2D eigenvalue weighted by atomic mass is 9.76. The van der Waals surface area contributed by atoms with E-state index in [0.29, 0.717) is 33.7 Å². The Morgan fingerprint density at radius 3 is 2.94 bits per heavy atom. The number of carbonyl (C=O) groups excluding carboxylic acids is 2. The first kappa shape index (κ1) is 23.1. The summed E-state index contributed by atoms with van der Waals surface area (Å²) in [7, 11) is 0. The van der Waals surface area contributed by atoms with Gasteiger partial charge in [-0.3, -0.25) is 14.7 Å². The number of aliphatic hydroxyl groups excluding tert-OH is 1. The number of hydrogen-bond acceptors (Lipinski definition) is 6. The van der Waals surface area contributed by atoms with Crippen molar-refractivity contribution in [2.24, 2.45) is 5.92 Å². The van der Waals surface area contributed by atoms with Gasteiger partial charge >= 0.3 is 0 Å². The molecule has 1 aromatic heterocycles. The number of hydrogen-bond donors (Lipinski definition) is 4. The number of rotatable bonds is 6. The highest BCUT2D eigenvalue weighted by atomic mass is 35.5. The van der Waals surface area contributed by atoms with E-state index in [1.54, 1.807) is 24.3 Å². The number of amides is 2. The Morgan fingerprint density at radius 1 is 1.28 bits per heavy atom. The Balaban J connectivity index is 1.02. The summed E-state index contributed by atoms with van der Waals surface area (Å²) in [6, 6.07) is 7.67. The van der Waals surface area contributed by atoms with Crippen molar-refractivity contribution in [3.05, 3.63) is 52.9 Å². The molecule has 0 spiro atoms. The van der Waals surface area contributed by atoms with Gasteiger partial charge in [-0.25, -0.2) is 4.39 Å². The molecule has 2 amide bonds. The molecule has 3 aliphatic carbocycles. The van der Waals surface area contributed by atoms with Crippen LogP contribution in [0.2, 0.25) is 5.02 Å². The molecule has 3 aromatic rings. The second kappa shape index (κ2) is 8.63. The topological polar surface area (TPSA) is 126 Å². The van der Waals surface area contributed by atoms with Crippen LogP contribution >= 0.6 is 11.6 Å². The molecule has 0 saturated heterocycles. The molecule has 3 saturated carbocycles. The first-order chi connectivity index (χ1) is 17.3. The Bertz CT molecular complexity index is 1360. The number of nitrogens with one attached hydrogen (secondary N) is 3. The summed E-state index contributed by atoms with van der Waals surface area (Å²) in [4.78, 5) is 25.5. The Morgan fingerprint density at radius 2 is 2.11 bits per heavy atom. The molecule has 0 radical (unpaired) electrons. The number of benzene rings is 2. The fourth-order valence-electron chi connectivity index (χ4n) is 5.71. The van der Waals surface area contributed by atoms with Crippen molar-refractivity contribution >= 4 is 34.3 Å². The van der Waals surface area contributed by atoms with Crippen LogP contribution in [0.5, 0.6) is 11.5 Å². The number of carbonyl (C=O) groups is 2. The van der Waals surface area contributed by atoms with Gasteiger partial charge in [-0.1, -0.05) is 11.6 Å². The molecule has 1 aliphatic heterocycles. The fraction of sp³-hybridized carbons (Fsp3) is 0.400. The average molecular weight is 515 g/mol. The summed E-state index contributed by atoms with van der Waals surface area (Å²) in [5, 5.41) is 23.9. The van der Waals surface area contributed by atoms with Crippen molar-refractivity contribution < 1.29 is 28.6 Å². The predicted molar refractivity (Wildman–Crippen MR) is 127 cm³/mol. The Labute approximate surface area is 210 Å². The van der Waals surface area contributed by atoms with E-state index in [4.69, 9.17) is 21.1 Å². The van der Waals surface area contributed by atoms with Crippen molar-refractivity contribution in [3.63, 3.8) is 0 Å². The van der Waals surface area contributed by atoms with Crippen LogP contribution in [0.3, 0.4) is 0 Å². The minimum Gasteiger partial charge on any atom is -0.484 e. The number of aromatic amines is 1. The van der Waals surface area contributed by atoms with Gasteiger partial charge in [0.15, 0.2) is 12.7 Å². The van der Waals surface area contributed by atoms with E-state index >= 15 is 0 Å². The highest BCUT2D eigenvalue weighted by Crippen LogP contribution is 2.52. The second-order valence-corrected chi connectivity index (χ2v) is 10.3. The highest BCUT2D eigenvalue weighted by molar-refractivity contribution is 6.30. The minimum absolute atomic E-state index is 0.0945. The van der Waals surface area contributed by atoms with Crippen molar-refractivity contribution in [2.45, 2.75) is 49.5 Å². The van der Waals surface area contributed by atoms with Gasteiger partial charge in [0.2, 0.25) is 0 Å². The van der Waals surface area contributed by atoms with E-state index in [1.807, 2.05) is 0 Å². The van der Waals surface area contributed by atoms with Crippen molar-refractivity contribution in [2.75, 3.05) is 6.61 Å². The first-order valence-corrected chi connectivity index (χ1v) is 12.2. The molecule has 3 fully saturated rings. The molecule has 7 rings (SSSR count). The van der Waals surface area contributed by atoms with Gasteiger partial charge < -0.3 is 25.2 Å². The minimum atomic E-state index is -0.839. The Hall–Kier alpha value is -3.37. The van der Waals surface area contributed by atoms with Gasteiger partial charge in [-0.15, -0.1) is 0 Å². The molecule has 4 aliphatic rings. The van der Waals surface area contributed by atoms with Gasteiger partial charge in [-0.2, -0.15) is 5.10 Å². The maximum Gasteiger partial charge on any atom is 0.261 e. The summed E-state index contributed by atoms with van der Waals surface area (Å²) in [5.41, 5.74) is 0.672.